The highest BCUT2D eigenvalue weighted by atomic mass is 35.5. The van der Waals surface area contributed by atoms with Crippen LogP contribution in [0.5, 0.6) is 0 Å². The predicted molar refractivity (Wildman–Crippen MR) is 96.5 cm³/mol. The van der Waals surface area contributed by atoms with E-state index in [1.165, 1.54) is 11.6 Å². The molecular formula is C18H13ClN4O2. The Morgan fingerprint density at radius 1 is 1.20 bits per heavy atom. The van der Waals surface area contributed by atoms with Crippen molar-refractivity contribution in [2.45, 2.75) is 6.54 Å². The van der Waals surface area contributed by atoms with Crippen molar-refractivity contribution in [2.24, 2.45) is 14.1 Å². The van der Waals surface area contributed by atoms with Gasteiger partial charge >= 0.3 is 5.69 Å². The van der Waals surface area contributed by atoms with Crippen molar-refractivity contribution in [1.82, 2.24) is 18.7 Å². The largest absolute Gasteiger partial charge is 0.333 e. The van der Waals surface area contributed by atoms with Crippen LogP contribution in [0.3, 0.4) is 0 Å². The lowest BCUT2D eigenvalue weighted by molar-refractivity contribution is 0.674. The molecule has 1 aromatic carbocycles. The number of rotatable bonds is 1. The van der Waals surface area contributed by atoms with Crippen LogP contribution in [0, 0.1) is 24.2 Å². The molecular weight excluding hydrogens is 340 g/mol. The molecule has 0 saturated heterocycles. The first-order chi connectivity index (χ1) is 11.9. The lowest BCUT2D eigenvalue weighted by Gasteiger charge is -2.05. The zero-order chi connectivity index (χ0) is 18.1. The number of hydrogen-bond donors (Lipinski definition) is 0. The topological polar surface area (TPSA) is 61.8 Å². The molecule has 3 aromatic rings. The number of benzene rings is 1. The number of aryl methyl sites for hydroxylation is 2. The molecule has 3 rings (SSSR count). The minimum Gasteiger partial charge on any atom is -0.314 e. The maximum Gasteiger partial charge on any atom is 0.333 e. The zero-order valence-electron chi connectivity index (χ0n) is 13.6. The van der Waals surface area contributed by atoms with Gasteiger partial charge in [-0.05, 0) is 24.1 Å². The van der Waals surface area contributed by atoms with Crippen LogP contribution in [0.15, 0.2) is 33.9 Å². The molecule has 124 valence electrons. The molecule has 0 fully saturated rings. The number of terminal acetylenes is 1. The molecule has 0 aliphatic carbocycles. The standard InChI is InChI=1S/C18H13ClN4O2/c1-4-10-23-17(24)15-16(22(3)18(23)25)20-14(21(15)2)9-8-12-6-5-7-13(19)11-12/h1,5-7,11H,10H2,2-3H3. The van der Waals surface area contributed by atoms with Crippen molar-refractivity contribution in [3.8, 4) is 24.2 Å². The fraction of sp³-hybridized carbons (Fsp3) is 0.167. The van der Waals surface area contributed by atoms with E-state index in [1.54, 1.807) is 29.8 Å². The van der Waals surface area contributed by atoms with E-state index in [0.717, 1.165) is 10.1 Å². The molecule has 0 aliphatic heterocycles. The average Bonchev–Trinajstić information content (AvgIpc) is 2.92. The summed E-state index contributed by atoms with van der Waals surface area (Å²) >= 11 is 5.94. The Bertz CT molecular complexity index is 1210. The van der Waals surface area contributed by atoms with Crippen molar-refractivity contribution >= 4 is 22.8 Å². The van der Waals surface area contributed by atoms with E-state index < -0.39 is 11.2 Å². The van der Waals surface area contributed by atoms with E-state index in [1.807, 2.05) is 6.07 Å². The summed E-state index contributed by atoms with van der Waals surface area (Å²) in [6, 6.07) is 7.10. The van der Waals surface area contributed by atoms with Gasteiger partial charge in [-0.1, -0.05) is 29.5 Å². The summed E-state index contributed by atoms with van der Waals surface area (Å²) in [5.74, 6) is 8.54. The number of aromatic nitrogens is 4. The highest BCUT2D eigenvalue weighted by Crippen LogP contribution is 2.11. The minimum atomic E-state index is -0.511. The molecule has 2 aromatic heterocycles. The van der Waals surface area contributed by atoms with E-state index in [4.69, 9.17) is 18.0 Å². The number of halogens is 1. The molecule has 0 aliphatic rings. The van der Waals surface area contributed by atoms with Gasteiger partial charge in [-0.3, -0.25) is 9.36 Å². The zero-order valence-corrected chi connectivity index (χ0v) is 14.3. The van der Waals surface area contributed by atoms with E-state index >= 15 is 0 Å². The van der Waals surface area contributed by atoms with Crippen LogP contribution in [0.25, 0.3) is 11.2 Å². The Morgan fingerprint density at radius 2 is 1.96 bits per heavy atom. The summed E-state index contributed by atoms with van der Waals surface area (Å²) in [5.41, 5.74) is 0.261. The Kier molecular flexibility index (Phi) is 4.22. The van der Waals surface area contributed by atoms with Crippen LogP contribution in [-0.4, -0.2) is 18.7 Å². The van der Waals surface area contributed by atoms with Crippen LogP contribution in [0.1, 0.15) is 11.4 Å². The third kappa shape index (κ3) is 2.84. The van der Waals surface area contributed by atoms with Crippen molar-refractivity contribution in [3.63, 3.8) is 0 Å². The molecule has 0 bridgehead atoms. The Balaban J connectivity index is 2.24. The first kappa shape index (κ1) is 16.6. The highest BCUT2D eigenvalue weighted by Gasteiger charge is 2.17. The van der Waals surface area contributed by atoms with Crippen molar-refractivity contribution in [3.05, 3.63) is 61.5 Å². The van der Waals surface area contributed by atoms with Gasteiger partial charge in [0.2, 0.25) is 0 Å². The van der Waals surface area contributed by atoms with Crippen molar-refractivity contribution in [2.75, 3.05) is 0 Å². The van der Waals surface area contributed by atoms with Gasteiger partial charge in [0.15, 0.2) is 17.0 Å². The van der Waals surface area contributed by atoms with Gasteiger partial charge in [-0.25, -0.2) is 14.3 Å². The van der Waals surface area contributed by atoms with Gasteiger partial charge in [0.05, 0.1) is 6.54 Å². The van der Waals surface area contributed by atoms with Gasteiger partial charge in [0, 0.05) is 24.7 Å². The third-order valence-corrected chi connectivity index (χ3v) is 3.99. The van der Waals surface area contributed by atoms with Crippen LogP contribution >= 0.6 is 11.6 Å². The van der Waals surface area contributed by atoms with E-state index in [2.05, 4.69) is 22.7 Å². The van der Waals surface area contributed by atoms with Gasteiger partial charge in [0.25, 0.3) is 5.56 Å². The van der Waals surface area contributed by atoms with Crippen LogP contribution in [0.2, 0.25) is 5.02 Å². The SMILES string of the molecule is C#CCn1c(=O)c2c(nc(C#Cc3cccc(Cl)c3)n2C)n(C)c1=O. The summed E-state index contributed by atoms with van der Waals surface area (Å²) in [6.45, 7) is -0.101. The Morgan fingerprint density at radius 3 is 2.64 bits per heavy atom. The molecule has 0 amide bonds. The normalized spacial score (nSPS) is 10.3. The Hall–Kier alpha value is -3.22. The fourth-order valence-corrected chi connectivity index (χ4v) is 2.67. The summed E-state index contributed by atoms with van der Waals surface area (Å²) in [5, 5.41) is 0.580. The fourth-order valence-electron chi connectivity index (χ4n) is 2.48. The second kappa shape index (κ2) is 6.35. The summed E-state index contributed by atoms with van der Waals surface area (Å²) in [7, 11) is 3.21. The molecule has 0 saturated carbocycles. The van der Waals surface area contributed by atoms with Crippen LogP contribution in [0.4, 0.5) is 0 Å². The average molecular weight is 353 g/mol. The lowest BCUT2D eigenvalue weighted by Crippen LogP contribution is -2.39. The quantitative estimate of drug-likeness (QED) is 0.617. The molecule has 0 N–H and O–H groups in total. The number of imidazole rings is 1. The van der Waals surface area contributed by atoms with Crippen LogP contribution in [-0.2, 0) is 20.6 Å². The molecule has 0 unspecified atom stereocenters. The number of hydrogen-bond acceptors (Lipinski definition) is 3. The second-order valence-electron chi connectivity index (χ2n) is 5.36. The smallest absolute Gasteiger partial charge is 0.314 e. The first-order valence-corrected chi connectivity index (χ1v) is 7.69. The number of nitrogens with zero attached hydrogens (tertiary/aromatic N) is 4. The Labute approximate surface area is 148 Å². The van der Waals surface area contributed by atoms with Crippen LogP contribution < -0.4 is 11.2 Å². The molecule has 6 nitrogen and oxygen atoms in total. The highest BCUT2D eigenvalue weighted by molar-refractivity contribution is 6.30. The van der Waals surface area contributed by atoms with E-state index in [9.17, 15) is 9.59 Å². The summed E-state index contributed by atoms with van der Waals surface area (Å²) in [4.78, 5) is 29.2. The van der Waals surface area contributed by atoms with Crippen molar-refractivity contribution < 1.29 is 0 Å². The van der Waals surface area contributed by atoms with E-state index in [0.29, 0.717) is 10.8 Å². The second-order valence-corrected chi connectivity index (χ2v) is 5.80. The molecule has 0 atom stereocenters. The third-order valence-electron chi connectivity index (χ3n) is 3.75. The molecule has 2 heterocycles. The maximum absolute atomic E-state index is 12.6. The summed E-state index contributed by atoms with van der Waals surface area (Å²) < 4.78 is 3.85. The van der Waals surface area contributed by atoms with Gasteiger partial charge < -0.3 is 4.57 Å². The monoisotopic (exact) mass is 352 g/mol. The number of fused-ring (bicyclic) bond motifs is 1. The van der Waals surface area contributed by atoms with Gasteiger partial charge in [0.1, 0.15) is 0 Å². The van der Waals surface area contributed by atoms with E-state index in [-0.39, 0.29) is 17.7 Å². The minimum absolute atomic E-state index is 0.101. The van der Waals surface area contributed by atoms with Gasteiger partial charge in [-0.2, -0.15) is 0 Å². The van der Waals surface area contributed by atoms with Crippen molar-refractivity contribution in [1.29, 1.82) is 0 Å². The maximum atomic E-state index is 12.6. The predicted octanol–water partition coefficient (Wildman–Crippen LogP) is 1.12. The first-order valence-electron chi connectivity index (χ1n) is 7.31. The summed E-state index contributed by atoms with van der Waals surface area (Å²) in [6.07, 6.45) is 5.25. The molecule has 25 heavy (non-hydrogen) atoms. The van der Waals surface area contributed by atoms with Gasteiger partial charge in [-0.15, -0.1) is 6.42 Å². The molecule has 7 heteroatoms. The molecule has 0 spiro atoms. The lowest BCUT2D eigenvalue weighted by atomic mass is 10.2. The molecule has 0 radical (unpaired) electrons.